The predicted octanol–water partition coefficient (Wildman–Crippen LogP) is 7.22. The van der Waals surface area contributed by atoms with Crippen molar-refractivity contribution >= 4 is 45.7 Å². The van der Waals surface area contributed by atoms with Gasteiger partial charge in [-0.1, -0.05) is 36.0 Å². The largest absolute Gasteiger partial charge is 0.486 e. The van der Waals surface area contributed by atoms with Crippen LogP contribution in [0.1, 0.15) is 22.5 Å². The Bertz CT molecular complexity index is 1980. The number of imidazole rings is 1. The molecule has 0 bridgehead atoms. The highest BCUT2D eigenvalue weighted by Gasteiger charge is 2.31. The molecule has 3 N–H and O–H groups in total. The molecule has 1 fully saturated rings. The second kappa shape index (κ2) is 14.3. The number of hydrogen-bond donors (Lipinski definition) is 3. The third kappa shape index (κ3) is 8.51. The van der Waals surface area contributed by atoms with Gasteiger partial charge in [0.25, 0.3) is 5.24 Å². The molecular formula is C35H30F3N5O5S. The number of thioether (sulfide) groups is 1. The normalized spacial score (nSPS) is 14.5. The van der Waals surface area contributed by atoms with Gasteiger partial charge in [0, 0.05) is 25.3 Å². The van der Waals surface area contributed by atoms with E-state index < -0.39 is 23.0 Å². The minimum absolute atomic E-state index is 0.239. The van der Waals surface area contributed by atoms with Crippen LogP contribution in [0.5, 0.6) is 17.2 Å². The van der Waals surface area contributed by atoms with E-state index in [0.29, 0.717) is 36.6 Å². The number of imide groups is 1. The Balaban J connectivity index is 0.973. The van der Waals surface area contributed by atoms with Gasteiger partial charge >= 0.3 is 12.2 Å². The molecule has 2 heterocycles. The van der Waals surface area contributed by atoms with Crippen LogP contribution in [0.15, 0.2) is 91.0 Å². The number of alkyl halides is 3. The van der Waals surface area contributed by atoms with Gasteiger partial charge in [0.1, 0.15) is 29.7 Å². The number of aromatic nitrogens is 2. The van der Waals surface area contributed by atoms with E-state index in [2.05, 4.69) is 16.0 Å². The van der Waals surface area contributed by atoms with E-state index >= 15 is 0 Å². The standard InChI is InChI=1S/C35H30F3N5O5S/c1-43-29-19-27(14-15-28(29)41-31(43)20-47-25-10-4-22(5-11-25)18-30-32(44)42-34(46)49-30)48-26-12-2-21(3-13-26)16-17-39-33(45)40-24-8-6-23(7-9-24)35(36,37)38/h2-15,19,30H,16-18,20H2,1H3,(H2,39,40,45)(H,42,44,46). The average molecular weight is 690 g/mol. The van der Waals surface area contributed by atoms with Gasteiger partial charge in [-0.05, 0) is 84.6 Å². The Labute approximate surface area is 283 Å². The van der Waals surface area contributed by atoms with Crippen molar-refractivity contribution in [3.05, 3.63) is 114 Å². The average Bonchev–Trinajstić information content (AvgIpc) is 3.56. The highest BCUT2D eigenvalue weighted by atomic mass is 32.2. The van der Waals surface area contributed by atoms with Crippen LogP contribution < -0.4 is 25.4 Å². The third-order valence-electron chi connectivity index (χ3n) is 7.75. The Morgan fingerprint density at radius 3 is 2.27 bits per heavy atom. The molecule has 6 rings (SSSR count). The number of amides is 4. The molecule has 4 aromatic carbocycles. The molecule has 4 amide bonds. The predicted molar refractivity (Wildman–Crippen MR) is 179 cm³/mol. The lowest BCUT2D eigenvalue weighted by molar-refractivity contribution is -0.137. The first-order valence-electron chi connectivity index (χ1n) is 15.2. The van der Waals surface area contributed by atoms with Crippen molar-refractivity contribution in [3.8, 4) is 17.2 Å². The molecule has 1 saturated heterocycles. The first-order chi connectivity index (χ1) is 23.5. The zero-order valence-corrected chi connectivity index (χ0v) is 26.9. The Morgan fingerprint density at radius 2 is 1.59 bits per heavy atom. The Kier molecular flexibility index (Phi) is 9.76. The molecule has 1 aliphatic rings. The van der Waals surface area contributed by atoms with Crippen LogP contribution in [0.3, 0.4) is 0 Å². The van der Waals surface area contributed by atoms with Gasteiger partial charge in [0.2, 0.25) is 5.91 Å². The number of carbonyl (C=O) groups is 3. The quantitative estimate of drug-likeness (QED) is 0.134. The number of halogens is 3. The summed E-state index contributed by atoms with van der Waals surface area (Å²) in [5.74, 6) is 2.37. The van der Waals surface area contributed by atoms with Gasteiger partial charge < -0.3 is 24.7 Å². The molecule has 1 aliphatic heterocycles. The smallest absolute Gasteiger partial charge is 0.416 e. The van der Waals surface area contributed by atoms with Crippen molar-refractivity contribution in [2.24, 2.45) is 7.05 Å². The van der Waals surface area contributed by atoms with Crippen molar-refractivity contribution < 1.29 is 37.0 Å². The van der Waals surface area contributed by atoms with E-state index in [4.69, 9.17) is 14.5 Å². The first kappa shape index (κ1) is 33.4. The second-order valence-electron chi connectivity index (χ2n) is 11.2. The lowest BCUT2D eigenvalue weighted by atomic mass is 10.1. The fraction of sp³-hybridized carbons (Fsp3) is 0.200. The van der Waals surface area contributed by atoms with E-state index in [1.54, 1.807) is 0 Å². The summed E-state index contributed by atoms with van der Waals surface area (Å²) in [4.78, 5) is 40.1. The van der Waals surface area contributed by atoms with E-state index in [0.717, 1.165) is 51.9 Å². The number of anilines is 1. The molecule has 49 heavy (non-hydrogen) atoms. The number of rotatable bonds is 11. The molecule has 14 heteroatoms. The van der Waals surface area contributed by atoms with Gasteiger partial charge in [-0.2, -0.15) is 13.2 Å². The SMILES string of the molecule is Cn1c(COc2ccc(CC3SC(=O)NC3=O)cc2)nc2ccc(Oc3ccc(CCNC(=O)Nc4ccc(C(F)(F)F)cc4)cc3)cc21. The summed E-state index contributed by atoms with van der Waals surface area (Å²) in [5, 5.41) is 6.78. The fourth-order valence-electron chi connectivity index (χ4n) is 5.12. The van der Waals surface area contributed by atoms with E-state index in [1.165, 1.54) is 12.1 Å². The van der Waals surface area contributed by atoms with Crippen LogP contribution in [-0.4, -0.2) is 38.5 Å². The topological polar surface area (TPSA) is 124 Å². The number of nitrogens with one attached hydrogen (secondary N) is 3. The van der Waals surface area contributed by atoms with Crippen molar-refractivity contribution in [1.82, 2.24) is 20.2 Å². The molecule has 1 aromatic heterocycles. The van der Waals surface area contributed by atoms with Crippen molar-refractivity contribution in [1.29, 1.82) is 0 Å². The van der Waals surface area contributed by atoms with Crippen LogP contribution >= 0.6 is 11.8 Å². The molecule has 1 atom stereocenters. The number of aryl methyl sites for hydroxylation is 1. The summed E-state index contributed by atoms with van der Waals surface area (Å²) in [7, 11) is 1.90. The van der Waals surface area contributed by atoms with Gasteiger partial charge in [-0.15, -0.1) is 0 Å². The van der Waals surface area contributed by atoms with Gasteiger partial charge in [0.05, 0.1) is 21.8 Å². The van der Waals surface area contributed by atoms with Crippen LogP contribution in [0.2, 0.25) is 0 Å². The molecule has 0 spiro atoms. The van der Waals surface area contributed by atoms with Crippen LogP contribution in [0.25, 0.3) is 11.0 Å². The van der Waals surface area contributed by atoms with E-state index in [9.17, 15) is 27.6 Å². The van der Waals surface area contributed by atoms with Crippen molar-refractivity contribution in [3.63, 3.8) is 0 Å². The molecule has 0 radical (unpaired) electrons. The summed E-state index contributed by atoms with van der Waals surface area (Å²) in [6.07, 6.45) is -3.44. The molecule has 0 saturated carbocycles. The zero-order chi connectivity index (χ0) is 34.5. The number of nitrogens with zero attached hydrogens (tertiary/aromatic N) is 2. The molecule has 5 aromatic rings. The maximum atomic E-state index is 12.7. The summed E-state index contributed by atoms with van der Waals surface area (Å²) >= 11 is 1.01. The first-order valence-corrected chi connectivity index (χ1v) is 16.1. The zero-order valence-electron chi connectivity index (χ0n) is 26.0. The number of urea groups is 1. The molecular weight excluding hydrogens is 659 g/mol. The fourth-order valence-corrected chi connectivity index (χ4v) is 5.98. The van der Waals surface area contributed by atoms with Crippen LogP contribution in [-0.2, 0) is 37.5 Å². The Morgan fingerprint density at radius 1 is 0.918 bits per heavy atom. The summed E-state index contributed by atoms with van der Waals surface area (Å²) in [5.41, 5.74) is 3.02. The maximum absolute atomic E-state index is 12.7. The summed E-state index contributed by atoms with van der Waals surface area (Å²) < 4.78 is 52.1. The summed E-state index contributed by atoms with van der Waals surface area (Å²) in [6, 6.07) is 24.2. The number of hydrogen-bond acceptors (Lipinski definition) is 7. The number of benzene rings is 4. The van der Waals surface area contributed by atoms with Gasteiger partial charge in [-0.25, -0.2) is 9.78 Å². The minimum Gasteiger partial charge on any atom is -0.486 e. The van der Waals surface area contributed by atoms with Gasteiger partial charge in [0.15, 0.2) is 0 Å². The van der Waals surface area contributed by atoms with Crippen LogP contribution in [0, 0.1) is 0 Å². The minimum atomic E-state index is -4.44. The molecule has 0 aliphatic carbocycles. The van der Waals surface area contributed by atoms with Crippen molar-refractivity contribution in [2.45, 2.75) is 30.9 Å². The monoisotopic (exact) mass is 689 g/mol. The lowest BCUT2D eigenvalue weighted by Gasteiger charge is -2.10. The molecule has 1 unspecified atom stereocenters. The highest BCUT2D eigenvalue weighted by molar-refractivity contribution is 8.15. The lowest BCUT2D eigenvalue weighted by Crippen LogP contribution is -2.30. The second-order valence-corrected chi connectivity index (χ2v) is 12.4. The number of ether oxygens (including phenoxy) is 2. The van der Waals surface area contributed by atoms with Gasteiger partial charge in [-0.3, -0.25) is 14.9 Å². The number of fused-ring (bicyclic) bond motifs is 1. The van der Waals surface area contributed by atoms with Crippen molar-refractivity contribution in [2.75, 3.05) is 11.9 Å². The summed E-state index contributed by atoms with van der Waals surface area (Å²) in [6.45, 7) is 0.563. The van der Waals surface area contributed by atoms with E-state index in [1.807, 2.05) is 78.3 Å². The number of carbonyl (C=O) groups excluding carboxylic acids is 3. The molecule has 252 valence electrons. The third-order valence-corrected chi connectivity index (χ3v) is 8.73. The Hall–Kier alpha value is -5.50. The highest BCUT2D eigenvalue weighted by Crippen LogP contribution is 2.30. The van der Waals surface area contributed by atoms with Crippen LogP contribution in [0.4, 0.5) is 28.4 Å². The maximum Gasteiger partial charge on any atom is 0.416 e. The van der Waals surface area contributed by atoms with E-state index in [-0.39, 0.29) is 23.4 Å². The molecule has 10 nitrogen and oxygen atoms in total.